The summed E-state index contributed by atoms with van der Waals surface area (Å²) in [6, 6.07) is 19.4. The van der Waals surface area contributed by atoms with Gasteiger partial charge in [-0.3, -0.25) is 4.79 Å². The molecule has 4 aromatic rings. The number of aromatic nitrogens is 1. The Balaban J connectivity index is 1.27. The Bertz CT molecular complexity index is 1380. The highest BCUT2D eigenvalue weighted by Crippen LogP contribution is 2.23. The summed E-state index contributed by atoms with van der Waals surface area (Å²) in [6.45, 7) is 0. The molecule has 0 aliphatic carbocycles. The fourth-order valence-corrected chi connectivity index (χ4v) is 4.34. The van der Waals surface area contributed by atoms with E-state index in [1.165, 1.54) is 49.7 Å². The first-order valence-corrected chi connectivity index (χ1v) is 12.3. The van der Waals surface area contributed by atoms with Crippen LogP contribution in [0.15, 0.2) is 92.4 Å². The molecule has 1 amide bonds. The van der Waals surface area contributed by atoms with Gasteiger partial charge in [0.05, 0.1) is 19.1 Å². The van der Waals surface area contributed by atoms with Crippen LogP contribution in [-0.2, 0) is 14.9 Å². The van der Waals surface area contributed by atoms with Crippen molar-refractivity contribution in [3.05, 3.63) is 78.4 Å². The van der Waals surface area contributed by atoms with Crippen molar-refractivity contribution < 1.29 is 26.5 Å². The maximum absolute atomic E-state index is 12.4. The number of carbonyl (C=O) groups excluding carboxylic acids is 1. The van der Waals surface area contributed by atoms with Crippen LogP contribution >= 0.6 is 11.8 Å². The predicted molar refractivity (Wildman–Crippen MR) is 128 cm³/mol. The lowest BCUT2D eigenvalue weighted by atomic mass is 10.2. The molecule has 0 aliphatic heterocycles. The van der Waals surface area contributed by atoms with Crippen molar-refractivity contribution in [1.29, 1.82) is 0 Å². The number of nitrogens with zero attached hydrogens (tertiary/aromatic N) is 2. The lowest BCUT2D eigenvalue weighted by Crippen LogP contribution is -2.19. The van der Waals surface area contributed by atoms with Crippen LogP contribution in [-0.4, -0.2) is 38.4 Å². The molecule has 3 aromatic carbocycles. The van der Waals surface area contributed by atoms with Gasteiger partial charge in [-0.15, -0.1) is 0 Å². The van der Waals surface area contributed by atoms with E-state index in [4.69, 9.17) is 13.3 Å². The molecule has 0 saturated heterocycles. The average Bonchev–Trinajstić information content (AvgIpc) is 3.27. The van der Waals surface area contributed by atoms with Crippen LogP contribution in [0.25, 0.3) is 11.1 Å². The zero-order valence-electron chi connectivity index (χ0n) is 17.9. The number of para-hydroxylation sites is 2. The maximum atomic E-state index is 12.4. The quantitative estimate of drug-likeness (QED) is 0.160. The summed E-state index contributed by atoms with van der Waals surface area (Å²) in [5, 5.41) is 4.31. The number of nitrogens with one attached hydrogen (secondary N) is 1. The zero-order chi connectivity index (χ0) is 24.0. The van der Waals surface area contributed by atoms with Crippen LogP contribution in [0, 0.1) is 0 Å². The minimum absolute atomic E-state index is 0.0115. The van der Waals surface area contributed by atoms with Gasteiger partial charge in [-0.1, -0.05) is 23.9 Å². The van der Waals surface area contributed by atoms with Gasteiger partial charge in [0.15, 0.2) is 5.58 Å². The van der Waals surface area contributed by atoms with E-state index in [0.29, 0.717) is 22.1 Å². The molecule has 11 heteroatoms. The Labute approximate surface area is 199 Å². The third kappa shape index (κ3) is 5.94. The smallest absolute Gasteiger partial charge is 0.339 e. The molecule has 0 bridgehead atoms. The molecule has 174 valence electrons. The average molecular weight is 498 g/mol. The third-order valence-corrected chi connectivity index (χ3v) is 6.53. The second-order valence-corrected chi connectivity index (χ2v) is 9.28. The first kappa shape index (κ1) is 23.3. The van der Waals surface area contributed by atoms with E-state index in [0.717, 1.165) is 17.3 Å². The van der Waals surface area contributed by atoms with Gasteiger partial charge in [0.1, 0.15) is 21.9 Å². The highest BCUT2D eigenvalue weighted by Gasteiger charge is 2.16. The SMILES string of the molecule is COc1ccc(S(=O)(=O)Oc2ccc(/C=N\NC(=O)CSc3nc4ccccc4o3)cc2)cc1. The highest BCUT2D eigenvalue weighted by atomic mass is 32.2. The number of fused-ring (bicyclic) bond motifs is 1. The molecular formula is C23H19N3O6S2. The number of hydrogen-bond donors (Lipinski definition) is 1. The number of oxazole rings is 1. The molecule has 4 rings (SSSR count). The van der Waals surface area contributed by atoms with E-state index < -0.39 is 10.1 Å². The fourth-order valence-electron chi connectivity index (χ4n) is 2.78. The van der Waals surface area contributed by atoms with Gasteiger partial charge in [0, 0.05) is 0 Å². The number of hydrazone groups is 1. The maximum Gasteiger partial charge on any atom is 0.339 e. The molecule has 1 N–H and O–H groups in total. The van der Waals surface area contributed by atoms with Crippen molar-refractivity contribution in [2.45, 2.75) is 10.1 Å². The molecule has 9 nitrogen and oxygen atoms in total. The largest absolute Gasteiger partial charge is 0.497 e. The van der Waals surface area contributed by atoms with Crippen molar-refractivity contribution in [3.8, 4) is 11.5 Å². The number of ether oxygens (including phenoxy) is 1. The standard InChI is InChI=1S/C23H19N3O6S2/c1-30-17-10-12-19(13-11-17)34(28,29)32-18-8-6-16(7-9-18)14-24-26-22(27)15-33-23-25-20-4-2-3-5-21(20)31-23/h2-14H,15H2,1H3,(H,26,27)/b24-14-. The molecule has 34 heavy (non-hydrogen) atoms. The first-order valence-electron chi connectivity index (χ1n) is 9.92. The number of rotatable bonds is 9. The highest BCUT2D eigenvalue weighted by molar-refractivity contribution is 7.99. The number of carbonyl (C=O) groups is 1. The lowest BCUT2D eigenvalue weighted by Gasteiger charge is -2.08. The summed E-state index contributed by atoms with van der Waals surface area (Å²) >= 11 is 1.16. The Morgan fingerprint density at radius 1 is 1.06 bits per heavy atom. The summed E-state index contributed by atoms with van der Waals surface area (Å²) in [7, 11) is -2.48. The first-order chi connectivity index (χ1) is 16.4. The Morgan fingerprint density at radius 2 is 1.76 bits per heavy atom. The van der Waals surface area contributed by atoms with Gasteiger partial charge in [0.2, 0.25) is 0 Å². The normalized spacial score (nSPS) is 11.6. The van der Waals surface area contributed by atoms with Crippen LogP contribution in [0.1, 0.15) is 5.56 Å². The molecular weight excluding hydrogens is 478 g/mol. The van der Waals surface area contributed by atoms with E-state index in [2.05, 4.69) is 15.5 Å². The summed E-state index contributed by atoms with van der Waals surface area (Å²) in [4.78, 5) is 16.3. The van der Waals surface area contributed by atoms with E-state index in [1.54, 1.807) is 12.1 Å². The van der Waals surface area contributed by atoms with Crippen molar-refractivity contribution in [2.24, 2.45) is 5.10 Å². The van der Waals surface area contributed by atoms with E-state index in [1.807, 2.05) is 24.3 Å². The molecule has 0 atom stereocenters. The van der Waals surface area contributed by atoms with Gasteiger partial charge in [0.25, 0.3) is 11.1 Å². The van der Waals surface area contributed by atoms with Crippen molar-refractivity contribution in [1.82, 2.24) is 10.4 Å². The monoisotopic (exact) mass is 497 g/mol. The predicted octanol–water partition coefficient (Wildman–Crippen LogP) is 3.85. The van der Waals surface area contributed by atoms with Crippen molar-refractivity contribution in [3.63, 3.8) is 0 Å². The van der Waals surface area contributed by atoms with E-state index >= 15 is 0 Å². The number of benzene rings is 3. The molecule has 1 aromatic heterocycles. The van der Waals surface area contributed by atoms with Gasteiger partial charge in [-0.25, -0.2) is 10.4 Å². The number of amides is 1. The van der Waals surface area contributed by atoms with Crippen LogP contribution in [0.2, 0.25) is 0 Å². The second-order valence-electron chi connectivity index (χ2n) is 6.81. The molecule has 0 aliphatic rings. The van der Waals surface area contributed by atoms with Crippen LogP contribution in [0.4, 0.5) is 0 Å². The third-order valence-electron chi connectivity index (χ3n) is 4.44. The van der Waals surface area contributed by atoms with Crippen molar-refractivity contribution in [2.75, 3.05) is 12.9 Å². The summed E-state index contributed by atoms with van der Waals surface area (Å²) in [5.74, 6) is 0.445. The molecule has 0 radical (unpaired) electrons. The molecule has 0 spiro atoms. The van der Waals surface area contributed by atoms with Gasteiger partial charge in [-0.05, 0) is 66.2 Å². The Morgan fingerprint density at radius 3 is 2.47 bits per heavy atom. The van der Waals surface area contributed by atoms with E-state index in [-0.39, 0.29) is 22.3 Å². The molecule has 0 fully saturated rings. The lowest BCUT2D eigenvalue weighted by molar-refractivity contribution is -0.118. The minimum Gasteiger partial charge on any atom is -0.497 e. The van der Waals surface area contributed by atoms with Crippen LogP contribution < -0.4 is 14.3 Å². The summed E-state index contributed by atoms with van der Waals surface area (Å²) < 4.78 is 40.5. The van der Waals surface area contributed by atoms with Gasteiger partial charge in [-0.2, -0.15) is 13.5 Å². The Kier molecular flexibility index (Phi) is 7.14. The zero-order valence-corrected chi connectivity index (χ0v) is 19.5. The summed E-state index contributed by atoms with van der Waals surface area (Å²) in [6.07, 6.45) is 1.43. The number of methoxy groups -OCH3 is 1. The topological polar surface area (TPSA) is 120 Å². The molecule has 0 unspecified atom stereocenters. The molecule has 1 heterocycles. The Hall–Kier alpha value is -3.83. The molecule has 0 saturated carbocycles. The van der Waals surface area contributed by atoms with Crippen LogP contribution in [0.3, 0.4) is 0 Å². The second kappa shape index (κ2) is 10.4. The van der Waals surface area contributed by atoms with Gasteiger partial charge >= 0.3 is 10.1 Å². The number of hydrogen-bond acceptors (Lipinski definition) is 9. The number of thioether (sulfide) groups is 1. The summed E-state index contributed by atoms with van der Waals surface area (Å²) in [5.41, 5.74) is 4.45. The van der Waals surface area contributed by atoms with Gasteiger partial charge < -0.3 is 13.3 Å². The van der Waals surface area contributed by atoms with Crippen molar-refractivity contribution >= 4 is 45.1 Å². The minimum atomic E-state index is -3.98. The van der Waals surface area contributed by atoms with Crippen LogP contribution in [0.5, 0.6) is 11.5 Å². The van der Waals surface area contributed by atoms with E-state index in [9.17, 15) is 13.2 Å². The fraction of sp³-hybridized carbons (Fsp3) is 0.0870.